The molecule has 0 saturated carbocycles. The minimum Gasteiger partial charge on any atom is -0.444 e. The summed E-state index contributed by atoms with van der Waals surface area (Å²) in [5.74, 6) is 0.759. The highest BCUT2D eigenvalue weighted by Gasteiger charge is 2.38. The Labute approximate surface area is 281 Å². The Hall–Kier alpha value is -4.67. The van der Waals surface area contributed by atoms with Gasteiger partial charge in [-0.15, -0.1) is 0 Å². The van der Waals surface area contributed by atoms with E-state index in [9.17, 15) is 14.4 Å². The number of anilines is 1. The maximum absolute atomic E-state index is 13.4. The SMILES string of the molecule is Cc1ccc(-c2ncc(-c3ccc4c(c3)N=C([C@@H]3CCCN3C(=O)OC(C)(C)C)C4)o2)cc1NC(=O)[C@@H]1CCCN1C(=O)OC(C)(C)C. The lowest BCUT2D eigenvalue weighted by atomic mass is 10.0. The third kappa shape index (κ3) is 7.24. The summed E-state index contributed by atoms with van der Waals surface area (Å²) >= 11 is 0. The van der Waals surface area contributed by atoms with Crippen LogP contribution in [0, 0.1) is 6.92 Å². The molecule has 4 heterocycles. The molecule has 48 heavy (non-hydrogen) atoms. The van der Waals surface area contributed by atoms with Crippen LogP contribution in [0.2, 0.25) is 0 Å². The average molecular weight is 656 g/mol. The summed E-state index contributed by atoms with van der Waals surface area (Å²) in [5.41, 5.74) is 4.81. The molecule has 2 fully saturated rings. The highest BCUT2D eigenvalue weighted by atomic mass is 16.6. The number of amides is 3. The number of hydrogen-bond donors (Lipinski definition) is 1. The van der Waals surface area contributed by atoms with Gasteiger partial charge in [0.15, 0.2) is 5.76 Å². The predicted octanol–water partition coefficient (Wildman–Crippen LogP) is 7.68. The third-order valence-electron chi connectivity index (χ3n) is 8.70. The van der Waals surface area contributed by atoms with Crippen molar-refractivity contribution in [3.8, 4) is 22.8 Å². The molecular weight excluding hydrogens is 610 g/mol. The van der Waals surface area contributed by atoms with E-state index >= 15 is 0 Å². The molecule has 1 aromatic heterocycles. The highest BCUT2D eigenvalue weighted by Crippen LogP contribution is 2.37. The van der Waals surface area contributed by atoms with Crippen LogP contribution in [0.15, 0.2) is 52.0 Å². The topological polar surface area (TPSA) is 127 Å². The molecular formula is C37H45N5O6. The zero-order chi connectivity index (χ0) is 34.4. The smallest absolute Gasteiger partial charge is 0.410 e. The van der Waals surface area contributed by atoms with Gasteiger partial charge in [0.2, 0.25) is 11.8 Å². The molecule has 254 valence electrons. The van der Waals surface area contributed by atoms with Gasteiger partial charge in [-0.1, -0.05) is 18.2 Å². The van der Waals surface area contributed by atoms with E-state index in [1.807, 2.05) is 83.7 Å². The van der Waals surface area contributed by atoms with Crippen molar-refractivity contribution in [2.45, 2.75) is 104 Å². The number of aryl methyl sites for hydroxylation is 1. The summed E-state index contributed by atoms with van der Waals surface area (Å²) in [6, 6.07) is 11.0. The summed E-state index contributed by atoms with van der Waals surface area (Å²) < 4.78 is 17.4. The third-order valence-corrected chi connectivity index (χ3v) is 8.70. The maximum atomic E-state index is 13.4. The van der Waals surface area contributed by atoms with Crippen molar-refractivity contribution in [3.05, 3.63) is 53.7 Å². The van der Waals surface area contributed by atoms with Gasteiger partial charge in [0, 0.05) is 42.0 Å². The van der Waals surface area contributed by atoms with Gasteiger partial charge in [0.25, 0.3) is 0 Å². The zero-order valence-electron chi connectivity index (χ0n) is 28.9. The molecule has 2 saturated heterocycles. The molecule has 0 aliphatic carbocycles. The number of hydrogen-bond acceptors (Lipinski definition) is 8. The highest BCUT2D eigenvalue weighted by molar-refractivity contribution is 6.00. The second kappa shape index (κ2) is 12.7. The summed E-state index contributed by atoms with van der Waals surface area (Å²) in [6.07, 6.45) is 4.69. The minimum atomic E-state index is -0.642. The number of benzene rings is 2. The van der Waals surface area contributed by atoms with E-state index in [0.717, 1.165) is 47.4 Å². The summed E-state index contributed by atoms with van der Waals surface area (Å²) in [7, 11) is 0. The number of rotatable bonds is 5. The molecule has 0 bridgehead atoms. The van der Waals surface area contributed by atoms with Crippen molar-refractivity contribution in [2.24, 2.45) is 4.99 Å². The van der Waals surface area contributed by atoms with E-state index < -0.39 is 23.3 Å². The number of likely N-dealkylation sites (tertiary alicyclic amines) is 2. The van der Waals surface area contributed by atoms with E-state index in [4.69, 9.17) is 18.9 Å². The van der Waals surface area contributed by atoms with Crippen LogP contribution in [0.5, 0.6) is 0 Å². The number of oxazole rings is 1. The van der Waals surface area contributed by atoms with Gasteiger partial charge in [-0.25, -0.2) is 14.6 Å². The van der Waals surface area contributed by atoms with Crippen LogP contribution in [0.25, 0.3) is 22.8 Å². The van der Waals surface area contributed by atoms with E-state index in [0.29, 0.717) is 48.8 Å². The number of carbonyl (C=O) groups excluding carboxylic acids is 3. The first-order chi connectivity index (χ1) is 22.6. The summed E-state index contributed by atoms with van der Waals surface area (Å²) in [6.45, 7) is 14.1. The van der Waals surface area contributed by atoms with Gasteiger partial charge in [-0.2, -0.15) is 0 Å². The molecule has 3 amide bonds. The van der Waals surface area contributed by atoms with Crippen molar-refractivity contribution >= 4 is 35.2 Å². The normalized spacial score (nSPS) is 19.3. The average Bonchev–Trinajstić information content (AvgIpc) is 3.81. The minimum absolute atomic E-state index is 0.0714. The van der Waals surface area contributed by atoms with E-state index in [1.165, 1.54) is 4.90 Å². The molecule has 3 aliphatic heterocycles. The lowest BCUT2D eigenvalue weighted by Gasteiger charge is -2.28. The lowest BCUT2D eigenvalue weighted by molar-refractivity contribution is -0.120. The number of ether oxygens (including phenoxy) is 2. The Bertz CT molecular complexity index is 1760. The monoisotopic (exact) mass is 655 g/mol. The summed E-state index contributed by atoms with van der Waals surface area (Å²) in [5, 5.41) is 3.02. The molecule has 1 N–H and O–H groups in total. The molecule has 11 nitrogen and oxygen atoms in total. The molecule has 6 rings (SSSR count). The maximum Gasteiger partial charge on any atom is 0.410 e. The van der Waals surface area contributed by atoms with Crippen molar-refractivity contribution in [1.29, 1.82) is 0 Å². The zero-order valence-corrected chi connectivity index (χ0v) is 28.9. The van der Waals surface area contributed by atoms with Crippen LogP contribution in [0.4, 0.5) is 21.0 Å². The quantitative estimate of drug-likeness (QED) is 0.299. The van der Waals surface area contributed by atoms with Gasteiger partial charge in [0.05, 0.1) is 17.9 Å². The van der Waals surface area contributed by atoms with E-state index in [1.54, 1.807) is 6.20 Å². The van der Waals surface area contributed by atoms with Crippen molar-refractivity contribution in [1.82, 2.24) is 14.8 Å². The Morgan fingerprint density at radius 3 is 2.27 bits per heavy atom. The van der Waals surface area contributed by atoms with Gasteiger partial charge >= 0.3 is 12.2 Å². The molecule has 2 aromatic carbocycles. The van der Waals surface area contributed by atoms with Crippen LogP contribution < -0.4 is 5.32 Å². The van der Waals surface area contributed by atoms with Gasteiger partial charge < -0.3 is 19.2 Å². The second-order valence-electron chi connectivity index (χ2n) is 14.8. The molecule has 2 atom stereocenters. The van der Waals surface area contributed by atoms with Crippen molar-refractivity contribution in [3.63, 3.8) is 0 Å². The molecule has 3 aromatic rings. The van der Waals surface area contributed by atoms with Crippen LogP contribution in [-0.2, 0) is 20.7 Å². The van der Waals surface area contributed by atoms with Crippen LogP contribution >= 0.6 is 0 Å². The number of aromatic nitrogens is 1. The Kier molecular flexibility index (Phi) is 8.82. The lowest BCUT2D eigenvalue weighted by Crippen LogP contribution is -2.45. The number of aliphatic imine (C=N–C) groups is 1. The summed E-state index contributed by atoms with van der Waals surface area (Å²) in [4.78, 5) is 51.8. The van der Waals surface area contributed by atoms with Gasteiger partial charge in [-0.3, -0.25) is 19.6 Å². The Morgan fingerprint density at radius 2 is 1.54 bits per heavy atom. The Balaban J connectivity index is 1.16. The fourth-order valence-corrected chi connectivity index (χ4v) is 6.43. The molecule has 0 spiro atoms. The van der Waals surface area contributed by atoms with Gasteiger partial charge in [0.1, 0.15) is 17.2 Å². The van der Waals surface area contributed by atoms with Gasteiger partial charge in [-0.05, 0) is 103 Å². The number of nitrogens with zero attached hydrogens (tertiary/aromatic N) is 4. The first kappa shape index (κ1) is 33.2. The first-order valence-corrected chi connectivity index (χ1v) is 16.7. The van der Waals surface area contributed by atoms with Crippen LogP contribution in [-0.4, -0.2) is 75.0 Å². The van der Waals surface area contributed by atoms with Crippen molar-refractivity contribution in [2.75, 3.05) is 18.4 Å². The molecule has 0 unspecified atom stereocenters. The standard InChI is InChI=1S/C37H45N5O6/c1-22-12-13-25(20-26(22)40-32(43)30-11-9-17-42(30)35(45)48-37(5,6)7)33-38-21-31(46-33)24-15-14-23-18-28(39-27(23)19-24)29-10-8-16-41(29)34(44)47-36(2,3)4/h12-15,19-21,29-30H,8-11,16-18H2,1-7H3,(H,40,43)/t29-,30-/m0/s1. The number of nitrogens with one attached hydrogen (secondary N) is 1. The fraction of sp³-hybridized carbons (Fsp3) is 0.486. The number of fused-ring (bicyclic) bond motifs is 1. The first-order valence-electron chi connectivity index (χ1n) is 16.7. The molecule has 11 heteroatoms. The van der Waals surface area contributed by atoms with E-state index in [-0.39, 0.29) is 18.0 Å². The van der Waals surface area contributed by atoms with Crippen LogP contribution in [0.3, 0.4) is 0 Å². The molecule has 3 aliphatic rings. The molecule has 0 radical (unpaired) electrons. The largest absolute Gasteiger partial charge is 0.444 e. The second-order valence-corrected chi connectivity index (χ2v) is 14.8. The van der Waals surface area contributed by atoms with Crippen molar-refractivity contribution < 1.29 is 28.3 Å². The predicted molar refractivity (Wildman–Crippen MR) is 183 cm³/mol. The fourth-order valence-electron chi connectivity index (χ4n) is 6.43. The van der Waals surface area contributed by atoms with E-state index in [2.05, 4.69) is 16.4 Å². The Morgan fingerprint density at radius 1 is 0.875 bits per heavy atom. The van der Waals surface area contributed by atoms with Crippen LogP contribution in [0.1, 0.15) is 78.4 Å². The number of carbonyl (C=O) groups is 3.